The normalized spacial score (nSPS) is 19.0. The lowest BCUT2D eigenvalue weighted by molar-refractivity contribution is 0.120. The number of carbonyl (C=O) groups excluding carboxylic acids is 1. The van der Waals surface area contributed by atoms with Gasteiger partial charge < -0.3 is 9.80 Å². The molecule has 8 nitrogen and oxygen atoms in total. The highest BCUT2D eigenvalue weighted by molar-refractivity contribution is 7.90. The Balaban J connectivity index is 1.22. The molecule has 0 unspecified atom stereocenters. The summed E-state index contributed by atoms with van der Waals surface area (Å²) in [7, 11) is -3.41. The van der Waals surface area contributed by atoms with Crippen molar-refractivity contribution in [3.05, 3.63) is 65.4 Å². The van der Waals surface area contributed by atoms with E-state index in [4.69, 9.17) is 11.6 Å². The molecule has 1 atom stereocenters. The van der Waals surface area contributed by atoms with Gasteiger partial charge in [0.2, 0.25) is 0 Å². The Hall–Kier alpha value is -2.91. The van der Waals surface area contributed by atoms with Crippen LogP contribution >= 0.6 is 11.6 Å². The van der Waals surface area contributed by atoms with Gasteiger partial charge in [0, 0.05) is 48.9 Å². The number of nitrogens with zero attached hydrogens (tertiary/aromatic N) is 5. The molecule has 0 radical (unpaired) electrons. The monoisotopic (exact) mass is 485 g/mol. The van der Waals surface area contributed by atoms with E-state index < -0.39 is 9.84 Å². The summed E-state index contributed by atoms with van der Waals surface area (Å²) >= 11 is 6.02. The van der Waals surface area contributed by atoms with Gasteiger partial charge in [0.25, 0.3) is 0 Å². The number of amides is 2. The topological polar surface area (TPSA) is 88.4 Å². The molecule has 3 heterocycles. The maximum Gasteiger partial charge on any atom is 0.320 e. The van der Waals surface area contributed by atoms with Crippen LogP contribution in [0.4, 0.5) is 4.79 Å². The van der Waals surface area contributed by atoms with Gasteiger partial charge in [-0.25, -0.2) is 13.2 Å². The van der Waals surface area contributed by atoms with Crippen molar-refractivity contribution in [2.45, 2.75) is 23.3 Å². The first-order valence-corrected chi connectivity index (χ1v) is 13.1. The standard InChI is InChI=1S/C23H24ClN5O3S/c1-33(31,32)22-12-19(24)6-7-21(22)17-4-2-16(3-5-17)18-13-28(14-18)23(30)27-11-8-20(15-27)29-25-9-10-26-29/h2-7,9-10,12,18,20H,8,11,13-15H2,1H3/t20-/m1/s1. The van der Waals surface area contributed by atoms with Gasteiger partial charge in [0.1, 0.15) is 0 Å². The number of hydrogen-bond donors (Lipinski definition) is 0. The van der Waals surface area contributed by atoms with Crippen LogP contribution in [0, 0.1) is 0 Å². The Morgan fingerprint density at radius 2 is 1.70 bits per heavy atom. The summed E-state index contributed by atoms with van der Waals surface area (Å²) in [6, 6.07) is 13.0. The van der Waals surface area contributed by atoms with Crippen molar-refractivity contribution < 1.29 is 13.2 Å². The van der Waals surface area contributed by atoms with E-state index in [1.165, 1.54) is 12.3 Å². The predicted molar refractivity (Wildman–Crippen MR) is 125 cm³/mol. The molecule has 2 amide bonds. The quantitative estimate of drug-likeness (QED) is 0.564. The number of rotatable bonds is 4. The van der Waals surface area contributed by atoms with Crippen molar-refractivity contribution in [3.63, 3.8) is 0 Å². The third-order valence-electron chi connectivity index (χ3n) is 6.39. The van der Waals surface area contributed by atoms with E-state index in [1.807, 2.05) is 34.1 Å². The number of hydrogen-bond acceptors (Lipinski definition) is 5. The molecule has 2 aliphatic heterocycles. The second kappa shape index (κ2) is 8.46. The van der Waals surface area contributed by atoms with Crippen LogP contribution < -0.4 is 0 Å². The number of aromatic nitrogens is 3. The number of halogens is 1. The summed E-state index contributed by atoms with van der Waals surface area (Å²) in [5.41, 5.74) is 2.59. The van der Waals surface area contributed by atoms with Crippen LogP contribution in [-0.2, 0) is 9.84 Å². The van der Waals surface area contributed by atoms with E-state index in [0.717, 1.165) is 17.5 Å². The van der Waals surface area contributed by atoms with Gasteiger partial charge in [-0.1, -0.05) is 41.9 Å². The van der Waals surface area contributed by atoms with Crippen LogP contribution in [0.5, 0.6) is 0 Å². The van der Waals surface area contributed by atoms with Gasteiger partial charge in [0.05, 0.1) is 23.3 Å². The van der Waals surface area contributed by atoms with Crippen LogP contribution in [0.25, 0.3) is 11.1 Å². The molecule has 172 valence electrons. The minimum atomic E-state index is -3.41. The minimum Gasteiger partial charge on any atom is -0.323 e. The molecular weight excluding hydrogens is 462 g/mol. The summed E-state index contributed by atoms with van der Waals surface area (Å²) in [6.07, 6.45) is 5.36. The van der Waals surface area contributed by atoms with E-state index in [-0.39, 0.29) is 22.9 Å². The van der Waals surface area contributed by atoms with Crippen LogP contribution in [-0.4, -0.2) is 71.7 Å². The molecule has 2 aliphatic rings. The summed E-state index contributed by atoms with van der Waals surface area (Å²) in [6.45, 7) is 2.70. The van der Waals surface area contributed by atoms with Crippen LogP contribution in [0.1, 0.15) is 23.9 Å². The molecule has 0 saturated carbocycles. The molecule has 0 bridgehead atoms. The molecule has 5 rings (SSSR count). The number of likely N-dealkylation sites (tertiary alicyclic amines) is 2. The lowest BCUT2D eigenvalue weighted by atomic mass is 9.90. The summed E-state index contributed by atoms with van der Waals surface area (Å²) in [4.78, 5) is 18.5. The lowest BCUT2D eigenvalue weighted by Crippen LogP contribution is -2.53. The molecule has 10 heteroatoms. The summed E-state index contributed by atoms with van der Waals surface area (Å²) in [5, 5.41) is 8.77. The molecule has 1 aromatic heterocycles. The highest BCUT2D eigenvalue weighted by Crippen LogP contribution is 2.34. The SMILES string of the molecule is CS(=O)(=O)c1cc(Cl)ccc1-c1ccc(C2CN(C(=O)N3CC[C@@H](n4nccn4)C3)C2)cc1. The fourth-order valence-corrected chi connectivity index (χ4v) is 5.70. The summed E-state index contributed by atoms with van der Waals surface area (Å²) < 4.78 is 24.4. The number of sulfone groups is 1. The largest absolute Gasteiger partial charge is 0.323 e. The zero-order valence-corrected chi connectivity index (χ0v) is 19.7. The maximum atomic E-state index is 12.9. The first-order chi connectivity index (χ1) is 15.8. The van der Waals surface area contributed by atoms with Gasteiger partial charge >= 0.3 is 6.03 Å². The van der Waals surface area contributed by atoms with E-state index in [0.29, 0.717) is 36.8 Å². The Morgan fingerprint density at radius 1 is 1.00 bits per heavy atom. The smallest absolute Gasteiger partial charge is 0.320 e. The van der Waals surface area contributed by atoms with Crippen molar-refractivity contribution in [2.75, 3.05) is 32.4 Å². The fourth-order valence-electron chi connectivity index (χ4n) is 4.54. The van der Waals surface area contributed by atoms with Crippen LogP contribution in [0.15, 0.2) is 59.8 Å². The van der Waals surface area contributed by atoms with Gasteiger partial charge in [-0.2, -0.15) is 15.0 Å². The van der Waals surface area contributed by atoms with Crippen molar-refractivity contribution in [2.24, 2.45) is 0 Å². The molecule has 2 fully saturated rings. The zero-order chi connectivity index (χ0) is 23.2. The molecule has 3 aromatic rings. The highest BCUT2D eigenvalue weighted by atomic mass is 35.5. The van der Waals surface area contributed by atoms with Crippen LogP contribution in [0.3, 0.4) is 0 Å². The second-order valence-electron chi connectivity index (χ2n) is 8.66. The van der Waals surface area contributed by atoms with E-state index in [9.17, 15) is 13.2 Å². The summed E-state index contributed by atoms with van der Waals surface area (Å²) in [5.74, 6) is 0.272. The predicted octanol–water partition coefficient (Wildman–Crippen LogP) is 3.47. The fraction of sp³-hybridized carbons (Fsp3) is 0.348. The van der Waals surface area contributed by atoms with Crippen LogP contribution in [0.2, 0.25) is 5.02 Å². The number of carbonyl (C=O) groups is 1. The average molecular weight is 486 g/mol. The molecule has 0 aliphatic carbocycles. The molecular formula is C23H24ClN5O3S. The van der Waals surface area contributed by atoms with Crippen molar-refractivity contribution in [1.29, 1.82) is 0 Å². The van der Waals surface area contributed by atoms with E-state index in [1.54, 1.807) is 29.3 Å². The Bertz CT molecular complexity index is 1270. The number of urea groups is 1. The molecule has 2 aromatic carbocycles. The molecule has 0 N–H and O–H groups in total. The Kier molecular flexibility index (Phi) is 5.62. The Labute approximate surface area is 197 Å². The van der Waals surface area contributed by atoms with Gasteiger partial charge in [0.15, 0.2) is 9.84 Å². The van der Waals surface area contributed by atoms with Gasteiger partial charge in [-0.3, -0.25) is 0 Å². The van der Waals surface area contributed by atoms with E-state index in [2.05, 4.69) is 10.2 Å². The molecule has 33 heavy (non-hydrogen) atoms. The molecule has 0 spiro atoms. The van der Waals surface area contributed by atoms with Gasteiger partial charge in [-0.15, -0.1) is 0 Å². The average Bonchev–Trinajstić information content (AvgIpc) is 3.44. The van der Waals surface area contributed by atoms with Crippen molar-refractivity contribution in [3.8, 4) is 11.1 Å². The van der Waals surface area contributed by atoms with Crippen molar-refractivity contribution in [1.82, 2.24) is 24.8 Å². The van der Waals surface area contributed by atoms with Crippen molar-refractivity contribution >= 4 is 27.5 Å². The lowest BCUT2D eigenvalue weighted by Gasteiger charge is -2.41. The zero-order valence-electron chi connectivity index (χ0n) is 18.1. The van der Waals surface area contributed by atoms with E-state index >= 15 is 0 Å². The maximum absolute atomic E-state index is 12.9. The highest BCUT2D eigenvalue weighted by Gasteiger charge is 2.37. The Morgan fingerprint density at radius 3 is 2.36 bits per heavy atom. The van der Waals surface area contributed by atoms with Gasteiger partial charge in [-0.05, 0) is 29.7 Å². The molecule has 2 saturated heterocycles. The minimum absolute atomic E-state index is 0.0662. The third-order valence-corrected chi connectivity index (χ3v) is 7.76. The number of benzene rings is 2. The third kappa shape index (κ3) is 4.35. The second-order valence-corrected chi connectivity index (χ2v) is 11.1. The first-order valence-electron chi connectivity index (χ1n) is 10.8. The first kappa shape index (κ1) is 21.9.